The number of nitrogens with one attached hydrogen (secondary N) is 1. The van der Waals surface area contributed by atoms with Gasteiger partial charge in [0.2, 0.25) is 21.8 Å². The Morgan fingerprint density at radius 3 is 2.16 bits per heavy atom. The Morgan fingerprint density at radius 2 is 1.59 bits per heavy atom. The fraction of sp³-hybridized carbons (Fsp3) is 0.417. The van der Waals surface area contributed by atoms with Crippen LogP contribution in [0.15, 0.2) is 54.6 Å². The number of aryl methyl sites for hydroxylation is 1. The normalized spacial score (nSPS) is 13.2. The van der Waals surface area contributed by atoms with Crippen molar-refractivity contribution in [1.82, 2.24) is 10.2 Å². The molecule has 0 aliphatic carbocycles. The monoisotopic (exact) mass is 459 g/mol. The van der Waals surface area contributed by atoms with Crippen LogP contribution < -0.4 is 9.62 Å². The molecule has 0 fully saturated rings. The molecule has 2 amide bonds. The van der Waals surface area contributed by atoms with Gasteiger partial charge in [0.25, 0.3) is 0 Å². The maximum absolute atomic E-state index is 13.4. The van der Waals surface area contributed by atoms with Crippen LogP contribution in [0.2, 0.25) is 0 Å². The number of carbonyl (C=O) groups is 2. The van der Waals surface area contributed by atoms with Crippen LogP contribution in [0.25, 0.3) is 0 Å². The van der Waals surface area contributed by atoms with Crippen LogP contribution >= 0.6 is 0 Å². The van der Waals surface area contributed by atoms with Crippen LogP contribution in [0.1, 0.15) is 38.3 Å². The first-order valence-electron chi connectivity index (χ1n) is 10.7. The maximum atomic E-state index is 13.4. The van der Waals surface area contributed by atoms with E-state index >= 15 is 0 Å². The van der Waals surface area contributed by atoms with Gasteiger partial charge in [-0.1, -0.05) is 49.4 Å². The highest BCUT2D eigenvalue weighted by Crippen LogP contribution is 2.19. The fourth-order valence-electron chi connectivity index (χ4n) is 3.23. The summed E-state index contributed by atoms with van der Waals surface area (Å²) in [6, 6.07) is 15.3. The van der Waals surface area contributed by atoms with Gasteiger partial charge < -0.3 is 10.2 Å². The minimum Gasteiger partial charge on any atom is -0.352 e. The fourth-order valence-corrected chi connectivity index (χ4v) is 4.08. The second-order valence-electron chi connectivity index (χ2n) is 8.05. The molecule has 0 saturated heterocycles. The first-order valence-corrected chi connectivity index (χ1v) is 12.6. The van der Waals surface area contributed by atoms with Crippen molar-refractivity contribution in [3.8, 4) is 0 Å². The van der Waals surface area contributed by atoms with Crippen molar-refractivity contribution in [3.05, 3.63) is 65.7 Å². The highest BCUT2D eigenvalue weighted by atomic mass is 32.2. The van der Waals surface area contributed by atoms with Crippen molar-refractivity contribution in [2.45, 2.75) is 52.7 Å². The molecule has 2 aromatic carbocycles. The Balaban J connectivity index is 2.37. The molecule has 2 aromatic rings. The molecule has 0 saturated carbocycles. The summed E-state index contributed by atoms with van der Waals surface area (Å²) < 4.78 is 26.0. The zero-order valence-corrected chi connectivity index (χ0v) is 20.2. The van der Waals surface area contributed by atoms with E-state index in [4.69, 9.17) is 0 Å². The molecular formula is C24H33N3O4S. The minimum atomic E-state index is -3.71. The van der Waals surface area contributed by atoms with Gasteiger partial charge in [0.05, 0.1) is 11.9 Å². The number of hydrogen-bond acceptors (Lipinski definition) is 4. The minimum absolute atomic E-state index is 0.0304. The van der Waals surface area contributed by atoms with E-state index in [1.54, 1.807) is 37.3 Å². The maximum Gasteiger partial charge on any atom is 0.244 e. The van der Waals surface area contributed by atoms with E-state index in [1.165, 1.54) is 4.90 Å². The van der Waals surface area contributed by atoms with Gasteiger partial charge in [-0.25, -0.2) is 8.42 Å². The number of para-hydroxylation sites is 1. The van der Waals surface area contributed by atoms with Crippen LogP contribution in [-0.2, 0) is 26.2 Å². The molecule has 0 aliphatic heterocycles. The summed E-state index contributed by atoms with van der Waals surface area (Å²) >= 11 is 0. The van der Waals surface area contributed by atoms with Gasteiger partial charge in [0.1, 0.15) is 12.6 Å². The highest BCUT2D eigenvalue weighted by Gasteiger charge is 2.30. The molecule has 7 nitrogen and oxygen atoms in total. The van der Waals surface area contributed by atoms with E-state index < -0.39 is 28.5 Å². The molecule has 0 unspecified atom stereocenters. The Labute approximate surface area is 191 Å². The molecule has 0 bridgehead atoms. The van der Waals surface area contributed by atoms with Gasteiger partial charge in [-0.3, -0.25) is 13.9 Å². The first-order chi connectivity index (χ1) is 15.0. The predicted octanol–water partition coefficient (Wildman–Crippen LogP) is 3.09. The summed E-state index contributed by atoms with van der Waals surface area (Å²) in [6.45, 7) is 7.28. The van der Waals surface area contributed by atoms with E-state index in [0.29, 0.717) is 5.69 Å². The van der Waals surface area contributed by atoms with Crippen LogP contribution in [0.5, 0.6) is 0 Å². The van der Waals surface area contributed by atoms with Gasteiger partial charge in [0.15, 0.2) is 0 Å². The Bertz CT molecular complexity index is 1020. The van der Waals surface area contributed by atoms with Crippen molar-refractivity contribution in [1.29, 1.82) is 0 Å². The van der Waals surface area contributed by atoms with Crippen LogP contribution in [0.3, 0.4) is 0 Å². The average Bonchev–Trinajstić information content (AvgIpc) is 2.75. The lowest BCUT2D eigenvalue weighted by Crippen LogP contribution is -2.52. The highest BCUT2D eigenvalue weighted by molar-refractivity contribution is 7.92. The standard InChI is InChI=1S/C24H33N3O4S/c1-6-19(3)25-24(29)20(4)26(16-21-13-11-10-12-18(21)2)23(28)17-27(32(5,30)31)22-14-8-7-9-15-22/h7-15,19-20H,6,16-17H2,1-5H3,(H,25,29)/t19-,20+/m0/s1. The molecule has 0 radical (unpaired) electrons. The number of benzene rings is 2. The van der Waals surface area contributed by atoms with E-state index in [9.17, 15) is 18.0 Å². The lowest BCUT2D eigenvalue weighted by atomic mass is 10.1. The summed E-state index contributed by atoms with van der Waals surface area (Å²) in [6.07, 6.45) is 1.83. The molecule has 0 aliphatic rings. The topological polar surface area (TPSA) is 86.8 Å². The third-order valence-corrected chi connectivity index (χ3v) is 6.63. The third-order valence-electron chi connectivity index (χ3n) is 5.49. The van der Waals surface area contributed by atoms with Gasteiger partial charge in [-0.2, -0.15) is 0 Å². The van der Waals surface area contributed by atoms with E-state index in [2.05, 4.69) is 5.32 Å². The van der Waals surface area contributed by atoms with Crippen LogP contribution in [-0.4, -0.2) is 50.0 Å². The van der Waals surface area contributed by atoms with Crippen LogP contribution in [0, 0.1) is 6.92 Å². The van der Waals surface area contributed by atoms with Crippen molar-refractivity contribution in [2.75, 3.05) is 17.1 Å². The number of nitrogens with zero attached hydrogens (tertiary/aromatic N) is 2. The SMILES string of the molecule is CC[C@H](C)NC(=O)[C@@H](C)N(Cc1ccccc1C)C(=O)CN(c1ccccc1)S(C)(=O)=O. The zero-order valence-electron chi connectivity index (χ0n) is 19.4. The zero-order chi connectivity index (χ0) is 23.9. The van der Waals surface area contributed by atoms with Crippen LogP contribution in [0.4, 0.5) is 5.69 Å². The molecule has 1 N–H and O–H groups in total. The van der Waals surface area contributed by atoms with Gasteiger partial charge in [-0.15, -0.1) is 0 Å². The molecule has 0 heterocycles. The lowest BCUT2D eigenvalue weighted by Gasteiger charge is -2.32. The predicted molar refractivity (Wildman–Crippen MR) is 128 cm³/mol. The third kappa shape index (κ3) is 6.82. The quantitative estimate of drug-likeness (QED) is 0.592. The molecule has 2 rings (SSSR count). The number of anilines is 1. The number of amides is 2. The number of rotatable bonds is 10. The Hall–Kier alpha value is -2.87. The van der Waals surface area contributed by atoms with Gasteiger partial charge in [-0.05, 0) is 50.5 Å². The molecule has 0 aromatic heterocycles. The molecule has 174 valence electrons. The lowest BCUT2D eigenvalue weighted by molar-refractivity contribution is -0.139. The summed E-state index contributed by atoms with van der Waals surface area (Å²) in [7, 11) is -3.71. The van der Waals surface area contributed by atoms with Gasteiger partial charge >= 0.3 is 0 Å². The summed E-state index contributed by atoms with van der Waals surface area (Å²) in [4.78, 5) is 27.7. The largest absolute Gasteiger partial charge is 0.352 e. The second kappa shape index (κ2) is 11.1. The second-order valence-corrected chi connectivity index (χ2v) is 9.95. The Kier molecular flexibility index (Phi) is 8.83. The average molecular weight is 460 g/mol. The Morgan fingerprint density at radius 1 is 1.00 bits per heavy atom. The number of carbonyl (C=O) groups excluding carboxylic acids is 2. The van der Waals surface area contributed by atoms with Crippen molar-refractivity contribution >= 4 is 27.5 Å². The van der Waals surface area contributed by atoms with E-state index in [-0.39, 0.29) is 18.5 Å². The van der Waals surface area contributed by atoms with E-state index in [1.807, 2.05) is 45.0 Å². The summed E-state index contributed by atoms with van der Waals surface area (Å²) in [5, 5.41) is 2.92. The molecule has 8 heteroatoms. The van der Waals surface area contributed by atoms with Crippen molar-refractivity contribution in [2.24, 2.45) is 0 Å². The molecular weight excluding hydrogens is 426 g/mol. The van der Waals surface area contributed by atoms with Gasteiger partial charge in [0, 0.05) is 12.6 Å². The van der Waals surface area contributed by atoms with Crippen molar-refractivity contribution < 1.29 is 18.0 Å². The summed E-state index contributed by atoms with van der Waals surface area (Å²) in [5.41, 5.74) is 2.29. The van der Waals surface area contributed by atoms with Crippen molar-refractivity contribution in [3.63, 3.8) is 0 Å². The molecule has 32 heavy (non-hydrogen) atoms. The summed E-state index contributed by atoms with van der Waals surface area (Å²) in [5.74, 6) is -0.721. The molecule has 2 atom stereocenters. The number of sulfonamides is 1. The first kappa shape index (κ1) is 25.4. The number of hydrogen-bond donors (Lipinski definition) is 1. The smallest absolute Gasteiger partial charge is 0.244 e. The molecule has 0 spiro atoms. The van der Waals surface area contributed by atoms with E-state index in [0.717, 1.165) is 28.1 Å².